The second-order valence-electron chi connectivity index (χ2n) is 3.08. The first-order valence-electron chi connectivity index (χ1n) is 3.19. The first kappa shape index (κ1) is 11.8. The lowest BCUT2D eigenvalue weighted by atomic mass is 11.9. The Balaban J connectivity index is 4.25. The molecular formula is C4H12Cl2N2SSi2. The molecule has 7 heteroatoms. The summed E-state index contributed by atoms with van der Waals surface area (Å²) in [6, 6.07) is 0. The summed E-state index contributed by atoms with van der Waals surface area (Å²) in [6.45, 7) is 7.78. The molecule has 0 saturated heterocycles. The largest absolute Gasteiger partial charge is 0.286 e. The number of hydrogen-bond acceptors (Lipinski definition) is 2. The third-order valence-corrected chi connectivity index (χ3v) is 5.88. The highest BCUT2D eigenvalue weighted by molar-refractivity contribution is 7.61. The maximum Gasteiger partial charge on any atom is 0.286 e. The topological polar surface area (TPSA) is 24.7 Å². The highest BCUT2D eigenvalue weighted by atomic mass is 35.6. The van der Waals surface area contributed by atoms with Crippen LogP contribution >= 0.6 is 22.2 Å². The van der Waals surface area contributed by atoms with Gasteiger partial charge in [0.1, 0.15) is 0 Å². The van der Waals surface area contributed by atoms with Crippen molar-refractivity contribution < 1.29 is 0 Å². The molecule has 0 aliphatic rings. The fraction of sp³-hybridized carbons (Fsp3) is 1.00. The van der Waals surface area contributed by atoms with E-state index in [2.05, 4.69) is 8.06 Å². The zero-order valence-electron chi connectivity index (χ0n) is 7.06. The van der Waals surface area contributed by atoms with E-state index >= 15 is 0 Å². The molecule has 0 bridgehead atoms. The number of halogens is 2. The van der Waals surface area contributed by atoms with Crippen LogP contribution in [0.3, 0.4) is 0 Å². The van der Waals surface area contributed by atoms with Crippen LogP contribution in [0.2, 0.25) is 26.2 Å². The molecule has 0 atom stereocenters. The normalized spacial score (nSPS) is 12.5. The molecular weight excluding hydrogens is 235 g/mol. The molecule has 0 aliphatic heterocycles. The minimum atomic E-state index is -1.83. The summed E-state index contributed by atoms with van der Waals surface area (Å²) in [5.41, 5.74) is 0. The van der Waals surface area contributed by atoms with Gasteiger partial charge >= 0.3 is 0 Å². The van der Waals surface area contributed by atoms with Gasteiger partial charge in [0.2, 0.25) is 0 Å². The lowest BCUT2D eigenvalue weighted by Gasteiger charge is -2.02. The Labute approximate surface area is 82.8 Å². The van der Waals surface area contributed by atoms with Gasteiger partial charge in [-0.15, -0.1) is 22.2 Å². The van der Waals surface area contributed by atoms with Gasteiger partial charge in [0.25, 0.3) is 15.1 Å². The van der Waals surface area contributed by atoms with E-state index in [4.69, 9.17) is 22.2 Å². The smallest absolute Gasteiger partial charge is 0.237 e. The molecule has 0 radical (unpaired) electrons. The Kier molecular flexibility index (Phi) is 4.50. The first-order chi connectivity index (χ1) is 4.71. The van der Waals surface area contributed by atoms with Crippen molar-refractivity contribution in [3.05, 3.63) is 0 Å². The summed E-state index contributed by atoms with van der Waals surface area (Å²) in [7, 11) is -3.65. The second-order valence-corrected chi connectivity index (χ2v) is 15.9. The van der Waals surface area contributed by atoms with Gasteiger partial charge in [-0.1, -0.05) is 0 Å². The van der Waals surface area contributed by atoms with E-state index in [1.807, 2.05) is 26.2 Å². The molecule has 0 N–H and O–H groups in total. The van der Waals surface area contributed by atoms with Crippen LogP contribution in [0.5, 0.6) is 0 Å². The van der Waals surface area contributed by atoms with Crippen molar-refractivity contribution in [3.63, 3.8) is 0 Å². The molecule has 0 aromatic rings. The van der Waals surface area contributed by atoms with Crippen molar-refractivity contribution >= 4 is 48.6 Å². The molecule has 0 aromatic carbocycles. The molecule has 0 amide bonds. The zero-order chi connectivity index (χ0) is 9.12. The van der Waals surface area contributed by atoms with E-state index in [-0.39, 0.29) is 0 Å². The Hall–Kier alpha value is 0.834. The predicted molar refractivity (Wildman–Crippen MR) is 58.9 cm³/mol. The summed E-state index contributed by atoms with van der Waals surface area (Å²) < 4.78 is 8.29. The van der Waals surface area contributed by atoms with Crippen LogP contribution in [0.1, 0.15) is 0 Å². The second kappa shape index (κ2) is 4.18. The summed E-state index contributed by atoms with van der Waals surface area (Å²) >= 11 is 13.0. The minimum absolute atomic E-state index is 1.18. The van der Waals surface area contributed by atoms with Gasteiger partial charge in [-0.3, -0.25) is 0 Å². The van der Waals surface area contributed by atoms with Crippen molar-refractivity contribution in [2.24, 2.45) is 8.06 Å². The van der Waals surface area contributed by atoms with Crippen LogP contribution in [0.4, 0.5) is 0 Å². The Bertz CT molecular complexity index is 171. The fourth-order valence-electron chi connectivity index (χ4n) is 0.215. The molecule has 2 nitrogen and oxygen atoms in total. The van der Waals surface area contributed by atoms with Crippen molar-refractivity contribution in [1.82, 2.24) is 0 Å². The summed E-state index contributed by atoms with van der Waals surface area (Å²) in [5.74, 6) is 0. The minimum Gasteiger partial charge on any atom is -0.237 e. The number of rotatable bonds is 2. The van der Waals surface area contributed by atoms with Crippen LogP contribution in [-0.2, 0) is 11.4 Å². The predicted octanol–water partition coefficient (Wildman–Crippen LogP) is 3.32. The van der Waals surface area contributed by atoms with E-state index in [1.165, 1.54) is 11.4 Å². The van der Waals surface area contributed by atoms with Gasteiger partial charge in [0.05, 0.1) is 0 Å². The average Bonchev–Trinajstić information content (AvgIpc) is 1.55. The number of hydrogen-bond donors (Lipinski definition) is 0. The third kappa shape index (κ3) is 10.8. The Morgan fingerprint density at radius 2 is 1.18 bits per heavy atom. The molecule has 0 aromatic heterocycles. The van der Waals surface area contributed by atoms with E-state index in [9.17, 15) is 0 Å². The monoisotopic (exact) mass is 246 g/mol. The van der Waals surface area contributed by atoms with Gasteiger partial charge in [-0.2, -0.15) is 0 Å². The highest BCUT2D eigenvalue weighted by Crippen LogP contribution is 2.10. The fourth-order valence-corrected chi connectivity index (χ4v) is 2.85. The van der Waals surface area contributed by atoms with Crippen LogP contribution in [-0.4, -0.2) is 15.1 Å². The summed E-state index contributed by atoms with van der Waals surface area (Å²) in [4.78, 5) is 0. The molecule has 66 valence electrons. The Morgan fingerprint density at radius 3 is 1.36 bits per heavy atom. The van der Waals surface area contributed by atoms with E-state index in [0.717, 1.165) is 0 Å². The van der Waals surface area contributed by atoms with Gasteiger partial charge in [0.15, 0.2) is 0 Å². The molecule has 0 rings (SSSR count). The van der Waals surface area contributed by atoms with E-state index < -0.39 is 15.1 Å². The molecule has 0 aliphatic carbocycles. The molecule has 0 spiro atoms. The van der Waals surface area contributed by atoms with Crippen molar-refractivity contribution in [1.29, 1.82) is 0 Å². The SMILES string of the molecule is C[Si](C)(Cl)N=S=N[Si](C)(C)Cl. The maximum atomic E-state index is 5.93. The highest BCUT2D eigenvalue weighted by Gasteiger charge is 2.16. The Morgan fingerprint density at radius 1 is 0.909 bits per heavy atom. The summed E-state index contributed by atoms with van der Waals surface area (Å²) in [5, 5.41) is 0. The standard InChI is InChI=1S/C4H12Cl2N2SSi2/c1-10(2,5)7-9-8-11(3,4)6/h1-4H3. The van der Waals surface area contributed by atoms with E-state index in [1.54, 1.807) is 0 Å². The first-order valence-corrected chi connectivity index (χ1v) is 11.8. The molecule has 0 fully saturated rings. The van der Waals surface area contributed by atoms with Gasteiger partial charge < -0.3 is 0 Å². The molecule has 11 heavy (non-hydrogen) atoms. The van der Waals surface area contributed by atoms with Crippen LogP contribution in [0, 0.1) is 0 Å². The lowest BCUT2D eigenvalue weighted by molar-refractivity contribution is 1.70. The van der Waals surface area contributed by atoms with Crippen LogP contribution in [0.15, 0.2) is 8.06 Å². The van der Waals surface area contributed by atoms with Crippen molar-refractivity contribution in [3.8, 4) is 0 Å². The average molecular weight is 247 g/mol. The summed E-state index contributed by atoms with van der Waals surface area (Å²) in [6.07, 6.45) is 0. The molecule has 0 unspecified atom stereocenters. The maximum absolute atomic E-state index is 5.93. The lowest BCUT2D eigenvalue weighted by Crippen LogP contribution is -2.13. The van der Waals surface area contributed by atoms with Crippen molar-refractivity contribution in [2.45, 2.75) is 26.2 Å². The van der Waals surface area contributed by atoms with E-state index in [0.29, 0.717) is 0 Å². The zero-order valence-corrected chi connectivity index (χ0v) is 11.4. The van der Waals surface area contributed by atoms with Gasteiger partial charge in [-0.25, -0.2) is 8.06 Å². The third-order valence-electron chi connectivity index (χ3n) is 0.516. The van der Waals surface area contributed by atoms with Crippen LogP contribution in [0.25, 0.3) is 0 Å². The molecule has 0 saturated carbocycles. The van der Waals surface area contributed by atoms with Crippen molar-refractivity contribution in [2.75, 3.05) is 0 Å². The molecule has 0 heterocycles. The van der Waals surface area contributed by atoms with Gasteiger partial charge in [-0.05, 0) is 26.2 Å². The quantitative estimate of drug-likeness (QED) is 0.528. The number of nitrogens with zero attached hydrogens (tertiary/aromatic N) is 2. The van der Waals surface area contributed by atoms with Crippen LogP contribution < -0.4 is 0 Å². The van der Waals surface area contributed by atoms with Gasteiger partial charge in [0, 0.05) is 11.4 Å².